The van der Waals surface area contributed by atoms with E-state index in [1.807, 2.05) is 31.2 Å². The summed E-state index contributed by atoms with van der Waals surface area (Å²) in [6, 6.07) is 9.10. The second kappa shape index (κ2) is 10.2. The number of aromatic nitrogens is 1. The minimum atomic E-state index is -4.78. The van der Waals surface area contributed by atoms with Gasteiger partial charge >= 0.3 is 12.2 Å². The summed E-state index contributed by atoms with van der Waals surface area (Å²) in [5, 5.41) is 5.07. The van der Waals surface area contributed by atoms with Crippen molar-refractivity contribution >= 4 is 40.2 Å². The number of carbonyl (C=O) groups is 2. The van der Waals surface area contributed by atoms with Gasteiger partial charge in [-0.25, -0.2) is 9.18 Å². The maximum atomic E-state index is 13.2. The zero-order chi connectivity index (χ0) is 24.2. The average Bonchev–Trinajstić information content (AvgIpc) is 3.14. The highest BCUT2D eigenvalue weighted by Gasteiger charge is 2.33. The molecule has 0 atom stereocenters. The lowest BCUT2D eigenvalue weighted by atomic mass is 10.1. The fourth-order valence-corrected chi connectivity index (χ4v) is 4.72. The molecule has 0 saturated heterocycles. The van der Waals surface area contributed by atoms with Crippen LogP contribution >= 0.6 is 23.3 Å². The van der Waals surface area contributed by atoms with Gasteiger partial charge in [0.25, 0.3) is 5.91 Å². The fourth-order valence-electron chi connectivity index (χ4n) is 2.80. The van der Waals surface area contributed by atoms with E-state index < -0.39 is 36.0 Å². The molecule has 0 bridgehead atoms. The molecule has 174 valence electrons. The summed E-state index contributed by atoms with van der Waals surface area (Å²) >= 11 is 2.09. The molecule has 12 heteroatoms. The molecule has 4 N–H and O–H groups in total. The molecule has 3 aromatic rings. The Balaban J connectivity index is 1.68. The van der Waals surface area contributed by atoms with E-state index in [-0.39, 0.29) is 16.1 Å². The highest BCUT2D eigenvalue weighted by atomic mass is 32.2. The first-order chi connectivity index (χ1) is 15.5. The Labute approximate surface area is 194 Å². The molecule has 0 fully saturated rings. The molecule has 3 rings (SSSR count). The SMILES string of the molecule is Cc1ccc(CSc2nsc(NC(=O)NCc3ccc(F)cc3C(F)(F)F)c2C(N)=O)cc1. The van der Waals surface area contributed by atoms with Gasteiger partial charge in [0.15, 0.2) is 0 Å². The number of nitrogens with zero attached hydrogens (tertiary/aromatic N) is 1. The van der Waals surface area contributed by atoms with Gasteiger partial charge in [0, 0.05) is 12.3 Å². The monoisotopic (exact) mass is 498 g/mol. The van der Waals surface area contributed by atoms with E-state index in [1.165, 1.54) is 11.8 Å². The number of halogens is 4. The predicted octanol–water partition coefficient (Wildman–Crippen LogP) is 5.32. The van der Waals surface area contributed by atoms with Crippen molar-refractivity contribution in [3.63, 3.8) is 0 Å². The summed E-state index contributed by atoms with van der Waals surface area (Å²) in [5.41, 5.74) is 6.08. The molecule has 1 aromatic heterocycles. The number of anilines is 1. The van der Waals surface area contributed by atoms with Gasteiger partial charge in [-0.05, 0) is 41.7 Å². The molecule has 0 unspecified atom stereocenters. The van der Waals surface area contributed by atoms with Crippen LogP contribution < -0.4 is 16.4 Å². The first-order valence-electron chi connectivity index (χ1n) is 9.43. The van der Waals surface area contributed by atoms with Crippen molar-refractivity contribution in [1.29, 1.82) is 0 Å². The first-order valence-corrected chi connectivity index (χ1v) is 11.2. The van der Waals surface area contributed by atoms with Crippen molar-refractivity contribution in [2.75, 3.05) is 5.32 Å². The molecule has 0 saturated carbocycles. The lowest BCUT2D eigenvalue weighted by molar-refractivity contribution is -0.138. The lowest BCUT2D eigenvalue weighted by Crippen LogP contribution is -2.29. The van der Waals surface area contributed by atoms with E-state index in [0.29, 0.717) is 16.8 Å². The largest absolute Gasteiger partial charge is 0.416 e. The molecule has 3 amide bonds. The molecule has 0 aliphatic rings. The van der Waals surface area contributed by atoms with E-state index in [2.05, 4.69) is 15.0 Å². The molecule has 33 heavy (non-hydrogen) atoms. The summed E-state index contributed by atoms with van der Waals surface area (Å²) < 4.78 is 56.7. The van der Waals surface area contributed by atoms with Crippen LogP contribution in [0.3, 0.4) is 0 Å². The molecule has 6 nitrogen and oxygen atoms in total. The zero-order valence-electron chi connectivity index (χ0n) is 17.1. The van der Waals surface area contributed by atoms with Crippen LogP contribution in [0.4, 0.5) is 27.4 Å². The van der Waals surface area contributed by atoms with Gasteiger partial charge in [0.1, 0.15) is 21.4 Å². The number of rotatable bonds is 7. The van der Waals surface area contributed by atoms with Gasteiger partial charge in [-0.15, -0.1) is 0 Å². The quantitative estimate of drug-likeness (QED) is 0.303. The van der Waals surface area contributed by atoms with Crippen molar-refractivity contribution in [2.45, 2.75) is 30.4 Å². The van der Waals surface area contributed by atoms with E-state index in [9.17, 15) is 27.2 Å². The number of aryl methyl sites for hydroxylation is 1. The number of urea groups is 1. The molecule has 0 spiro atoms. The predicted molar refractivity (Wildman–Crippen MR) is 119 cm³/mol. The fraction of sp³-hybridized carbons (Fsp3) is 0.190. The molecular formula is C21H18F4N4O2S2. The third-order valence-corrected chi connectivity index (χ3v) is 6.37. The van der Waals surface area contributed by atoms with Crippen LogP contribution in [-0.2, 0) is 18.5 Å². The molecule has 0 radical (unpaired) electrons. The number of alkyl halides is 3. The van der Waals surface area contributed by atoms with Crippen LogP contribution in [0, 0.1) is 12.7 Å². The number of nitrogens with two attached hydrogens (primary N) is 1. The molecule has 0 aliphatic heterocycles. The Morgan fingerprint density at radius 3 is 2.48 bits per heavy atom. The zero-order valence-corrected chi connectivity index (χ0v) is 18.8. The number of nitrogens with one attached hydrogen (secondary N) is 2. The summed E-state index contributed by atoms with van der Waals surface area (Å²) in [4.78, 5) is 24.2. The summed E-state index contributed by atoms with van der Waals surface area (Å²) in [7, 11) is 0. The summed E-state index contributed by atoms with van der Waals surface area (Å²) in [6.45, 7) is 1.45. The Bertz CT molecular complexity index is 1160. The Morgan fingerprint density at radius 1 is 1.15 bits per heavy atom. The first kappa shape index (κ1) is 24.5. The third-order valence-electron chi connectivity index (χ3n) is 4.45. The van der Waals surface area contributed by atoms with Crippen molar-refractivity contribution < 1.29 is 27.2 Å². The third kappa shape index (κ3) is 6.45. The van der Waals surface area contributed by atoms with Gasteiger partial charge in [-0.1, -0.05) is 47.7 Å². The summed E-state index contributed by atoms with van der Waals surface area (Å²) in [5.74, 6) is -1.33. The minimum absolute atomic E-state index is 0.0185. The molecule has 1 heterocycles. The van der Waals surface area contributed by atoms with Crippen LogP contribution in [0.5, 0.6) is 0 Å². The normalized spacial score (nSPS) is 11.3. The van der Waals surface area contributed by atoms with E-state index >= 15 is 0 Å². The lowest BCUT2D eigenvalue weighted by Gasteiger charge is -2.14. The van der Waals surface area contributed by atoms with Gasteiger partial charge in [-0.3, -0.25) is 10.1 Å². The number of hydrogen-bond donors (Lipinski definition) is 3. The Morgan fingerprint density at radius 2 is 1.85 bits per heavy atom. The average molecular weight is 499 g/mol. The number of benzene rings is 2. The van der Waals surface area contributed by atoms with Crippen molar-refractivity contribution in [2.24, 2.45) is 5.73 Å². The van der Waals surface area contributed by atoms with Crippen molar-refractivity contribution in [3.05, 3.63) is 76.1 Å². The molecular weight excluding hydrogens is 480 g/mol. The van der Waals surface area contributed by atoms with Gasteiger partial charge in [-0.2, -0.15) is 17.5 Å². The van der Waals surface area contributed by atoms with Crippen molar-refractivity contribution in [3.8, 4) is 0 Å². The smallest absolute Gasteiger partial charge is 0.365 e. The number of amides is 3. The van der Waals surface area contributed by atoms with Gasteiger partial charge in [0.2, 0.25) is 0 Å². The van der Waals surface area contributed by atoms with Crippen LogP contribution in [-0.4, -0.2) is 16.3 Å². The Kier molecular flexibility index (Phi) is 7.59. The number of primary amides is 1. The van der Waals surface area contributed by atoms with Gasteiger partial charge in [0.05, 0.1) is 5.56 Å². The number of hydrogen-bond acceptors (Lipinski definition) is 5. The van der Waals surface area contributed by atoms with E-state index in [1.54, 1.807) is 0 Å². The second-order valence-corrected chi connectivity index (χ2v) is 8.67. The van der Waals surface area contributed by atoms with Gasteiger partial charge < -0.3 is 11.1 Å². The molecule has 2 aromatic carbocycles. The standard InChI is InChI=1S/C21H18F4N4O2S2/c1-11-2-4-12(5-3-11)10-32-19-16(17(26)30)18(33-29-19)28-20(31)27-9-13-6-7-14(22)8-15(13)21(23,24)25/h2-8H,9-10H2,1H3,(H2,26,30)(H2,27,28,31). The highest BCUT2D eigenvalue weighted by molar-refractivity contribution is 7.98. The highest BCUT2D eigenvalue weighted by Crippen LogP contribution is 2.34. The van der Waals surface area contributed by atoms with E-state index in [4.69, 9.17) is 5.73 Å². The van der Waals surface area contributed by atoms with Crippen LogP contribution in [0.15, 0.2) is 47.5 Å². The van der Waals surface area contributed by atoms with Crippen LogP contribution in [0.25, 0.3) is 0 Å². The second-order valence-electron chi connectivity index (χ2n) is 6.94. The molecule has 0 aliphatic carbocycles. The van der Waals surface area contributed by atoms with Crippen LogP contribution in [0.1, 0.15) is 32.6 Å². The van der Waals surface area contributed by atoms with Crippen molar-refractivity contribution in [1.82, 2.24) is 9.69 Å². The minimum Gasteiger partial charge on any atom is -0.365 e. The maximum Gasteiger partial charge on any atom is 0.416 e. The van der Waals surface area contributed by atoms with E-state index in [0.717, 1.165) is 34.8 Å². The van der Waals surface area contributed by atoms with Crippen LogP contribution in [0.2, 0.25) is 0 Å². The topological polar surface area (TPSA) is 97.1 Å². The maximum absolute atomic E-state index is 13.2. The Hall–Kier alpha value is -3.12. The number of thioether (sulfide) groups is 1. The summed E-state index contributed by atoms with van der Waals surface area (Å²) in [6.07, 6.45) is -4.78. The number of carbonyl (C=O) groups excluding carboxylic acids is 2.